The van der Waals surface area contributed by atoms with Gasteiger partial charge in [0.05, 0.1) is 0 Å². The first-order chi connectivity index (χ1) is 8.45. The number of nitrogens with two attached hydrogens (primary N) is 1. The molecule has 18 heavy (non-hydrogen) atoms. The first-order valence-electron chi connectivity index (χ1n) is 6.09. The van der Waals surface area contributed by atoms with E-state index in [1.54, 1.807) is 24.1 Å². The maximum absolute atomic E-state index is 11.9. The van der Waals surface area contributed by atoms with Crippen LogP contribution < -0.4 is 5.73 Å². The van der Waals surface area contributed by atoms with Gasteiger partial charge in [0.2, 0.25) is 11.8 Å². The third-order valence-electron chi connectivity index (χ3n) is 3.07. The van der Waals surface area contributed by atoms with Gasteiger partial charge in [0, 0.05) is 25.1 Å². The van der Waals surface area contributed by atoms with Gasteiger partial charge in [-0.25, -0.2) is 0 Å². The Kier molecular flexibility index (Phi) is 4.89. The third-order valence-corrected chi connectivity index (χ3v) is 3.07. The van der Waals surface area contributed by atoms with Crippen LogP contribution in [0.1, 0.15) is 36.2 Å². The summed E-state index contributed by atoms with van der Waals surface area (Å²) in [5.74, 6) is -0.262. The lowest BCUT2D eigenvalue weighted by Crippen LogP contribution is -2.30. The van der Waals surface area contributed by atoms with E-state index in [0.717, 1.165) is 12.0 Å². The van der Waals surface area contributed by atoms with Gasteiger partial charge in [0.15, 0.2) is 0 Å². The lowest BCUT2D eigenvalue weighted by Gasteiger charge is -2.20. The van der Waals surface area contributed by atoms with Crippen LogP contribution in [0.15, 0.2) is 24.3 Å². The smallest absolute Gasteiger partial charge is 0.248 e. The summed E-state index contributed by atoms with van der Waals surface area (Å²) in [5.41, 5.74) is 6.63. The molecule has 1 atom stereocenters. The molecule has 0 bridgehead atoms. The minimum Gasteiger partial charge on any atom is -0.366 e. The van der Waals surface area contributed by atoms with Gasteiger partial charge in [-0.15, -0.1) is 0 Å². The van der Waals surface area contributed by atoms with Crippen LogP contribution in [0.3, 0.4) is 0 Å². The minimum atomic E-state index is -0.439. The summed E-state index contributed by atoms with van der Waals surface area (Å²) in [4.78, 5) is 24.5. The van der Waals surface area contributed by atoms with Crippen LogP contribution in [0.25, 0.3) is 0 Å². The number of nitrogens with zero attached hydrogens (tertiary/aromatic N) is 1. The second kappa shape index (κ2) is 6.19. The Balaban J connectivity index is 2.67. The molecule has 0 aromatic heterocycles. The van der Waals surface area contributed by atoms with Crippen LogP contribution in [0, 0.1) is 5.92 Å². The Morgan fingerprint density at radius 2 is 1.83 bits per heavy atom. The van der Waals surface area contributed by atoms with Crippen molar-refractivity contribution in [3.8, 4) is 0 Å². The Morgan fingerprint density at radius 3 is 2.28 bits per heavy atom. The van der Waals surface area contributed by atoms with Crippen molar-refractivity contribution in [1.29, 1.82) is 0 Å². The first-order valence-corrected chi connectivity index (χ1v) is 6.09. The molecule has 0 aliphatic carbocycles. The number of benzene rings is 1. The predicted molar refractivity (Wildman–Crippen MR) is 70.9 cm³/mol. The third kappa shape index (κ3) is 3.58. The molecule has 0 saturated carbocycles. The molecule has 0 aliphatic rings. The number of primary amides is 1. The maximum Gasteiger partial charge on any atom is 0.248 e. The Morgan fingerprint density at radius 1 is 1.28 bits per heavy atom. The molecule has 0 heterocycles. The molecule has 0 fully saturated rings. The fourth-order valence-electron chi connectivity index (χ4n) is 1.68. The normalized spacial score (nSPS) is 11.9. The van der Waals surface area contributed by atoms with Gasteiger partial charge in [0.1, 0.15) is 0 Å². The van der Waals surface area contributed by atoms with E-state index in [9.17, 15) is 9.59 Å². The standard InChI is InChI=1S/C14H20N2O2/c1-4-10(2)14(18)16(3)9-11-5-7-12(8-6-11)13(15)17/h5-8,10H,4,9H2,1-3H3,(H2,15,17)/t10-/m0/s1. The molecule has 1 rings (SSSR count). The van der Waals surface area contributed by atoms with Crippen molar-refractivity contribution >= 4 is 11.8 Å². The van der Waals surface area contributed by atoms with Gasteiger partial charge in [0.25, 0.3) is 0 Å². The second-order valence-electron chi connectivity index (χ2n) is 4.56. The highest BCUT2D eigenvalue weighted by Crippen LogP contribution is 2.10. The van der Waals surface area contributed by atoms with Crippen LogP contribution >= 0.6 is 0 Å². The number of carbonyl (C=O) groups excluding carboxylic acids is 2. The molecule has 4 nitrogen and oxygen atoms in total. The number of carbonyl (C=O) groups is 2. The van der Waals surface area contributed by atoms with Gasteiger partial charge >= 0.3 is 0 Å². The molecule has 4 heteroatoms. The van der Waals surface area contributed by atoms with Gasteiger partial charge in [-0.05, 0) is 24.1 Å². The molecular weight excluding hydrogens is 228 g/mol. The molecule has 0 radical (unpaired) electrons. The molecule has 2 amide bonds. The van der Waals surface area contributed by atoms with Gasteiger partial charge in [-0.2, -0.15) is 0 Å². The maximum atomic E-state index is 11.9. The fraction of sp³-hybridized carbons (Fsp3) is 0.429. The number of rotatable bonds is 5. The molecule has 98 valence electrons. The number of hydrogen-bond acceptors (Lipinski definition) is 2. The van der Waals surface area contributed by atoms with E-state index in [4.69, 9.17) is 5.73 Å². The predicted octanol–water partition coefficient (Wildman–Crippen LogP) is 1.79. The first kappa shape index (κ1) is 14.2. The van der Waals surface area contributed by atoms with Gasteiger partial charge < -0.3 is 10.6 Å². The molecule has 2 N–H and O–H groups in total. The van der Waals surface area contributed by atoms with Crippen molar-refractivity contribution in [3.05, 3.63) is 35.4 Å². The molecule has 0 unspecified atom stereocenters. The van der Waals surface area contributed by atoms with E-state index in [0.29, 0.717) is 12.1 Å². The average molecular weight is 248 g/mol. The monoisotopic (exact) mass is 248 g/mol. The van der Waals surface area contributed by atoms with Crippen LogP contribution in [0.2, 0.25) is 0 Å². The molecule has 0 aliphatic heterocycles. The van der Waals surface area contributed by atoms with Crippen molar-refractivity contribution in [2.24, 2.45) is 11.7 Å². The summed E-state index contributed by atoms with van der Waals surface area (Å²) >= 11 is 0. The second-order valence-corrected chi connectivity index (χ2v) is 4.56. The van der Waals surface area contributed by atoms with Crippen molar-refractivity contribution in [1.82, 2.24) is 4.90 Å². The van der Waals surface area contributed by atoms with E-state index in [1.807, 2.05) is 26.0 Å². The van der Waals surface area contributed by atoms with Crippen molar-refractivity contribution in [2.45, 2.75) is 26.8 Å². The summed E-state index contributed by atoms with van der Waals surface area (Å²) in [6, 6.07) is 7.00. The zero-order chi connectivity index (χ0) is 13.7. The number of hydrogen-bond donors (Lipinski definition) is 1. The van der Waals surface area contributed by atoms with Crippen molar-refractivity contribution in [3.63, 3.8) is 0 Å². The average Bonchev–Trinajstić information content (AvgIpc) is 2.37. The zero-order valence-electron chi connectivity index (χ0n) is 11.1. The van der Waals surface area contributed by atoms with Gasteiger partial charge in [-0.1, -0.05) is 26.0 Å². The van der Waals surface area contributed by atoms with E-state index in [2.05, 4.69) is 0 Å². The largest absolute Gasteiger partial charge is 0.366 e. The molecule has 1 aromatic carbocycles. The highest BCUT2D eigenvalue weighted by Gasteiger charge is 2.15. The molecule has 0 saturated heterocycles. The Hall–Kier alpha value is -1.84. The Labute approximate surface area is 108 Å². The molecular formula is C14H20N2O2. The summed E-state index contributed by atoms with van der Waals surface area (Å²) in [6.07, 6.45) is 0.837. The lowest BCUT2D eigenvalue weighted by molar-refractivity contribution is -0.134. The SMILES string of the molecule is CC[C@H](C)C(=O)N(C)Cc1ccc(C(N)=O)cc1. The van der Waals surface area contributed by atoms with E-state index in [-0.39, 0.29) is 11.8 Å². The lowest BCUT2D eigenvalue weighted by atomic mass is 10.1. The van der Waals surface area contributed by atoms with Crippen molar-refractivity contribution < 1.29 is 9.59 Å². The van der Waals surface area contributed by atoms with Crippen molar-refractivity contribution in [2.75, 3.05) is 7.05 Å². The molecule has 0 spiro atoms. The summed E-state index contributed by atoms with van der Waals surface area (Å²) in [6.45, 7) is 4.47. The van der Waals surface area contributed by atoms with Gasteiger partial charge in [-0.3, -0.25) is 9.59 Å². The van der Waals surface area contributed by atoms with Crippen LogP contribution in [-0.2, 0) is 11.3 Å². The molecule has 1 aromatic rings. The summed E-state index contributed by atoms with van der Waals surface area (Å²) in [7, 11) is 1.79. The highest BCUT2D eigenvalue weighted by atomic mass is 16.2. The summed E-state index contributed by atoms with van der Waals surface area (Å²) < 4.78 is 0. The van der Waals surface area contributed by atoms with E-state index in [1.165, 1.54) is 0 Å². The topological polar surface area (TPSA) is 63.4 Å². The van der Waals surface area contributed by atoms with Crippen LogP contribution in [0.5, 0.6) is 0 Å². The van der Waals surface area contributed by atoms with Crippen LogP contribution in [0.4, 0.5) is 0 Å². The van der Waals surface area contributed by atoms with Crippen LogP contribution in [-0.4, -0.2) is 23.8 Å². The summed E-state index contributed by atoms with van der Waals surface area (Å²) in [5, 5.41) is 0. The fourth-order valence-corrected chi connectivity index (χ4v) is 1.68. The van der Waals surface area contributed by atoms with E-state index >= 15 is 0 Å². The Bertz CT molecular complexity index is 426. The quantitative estimate of drug-likeness (QED) is 0.863. The zero-order valence-corrected chi connectivity index (χ0v) is 11.1. The van der Waals surface area contributed by atoms with E-state index < -0.39 is 5.91 Å². The highest BCUT2D eigenvalue weighted by molar-refractivity contribution is 5.92. The minimum absolute atomic E-state index is 0.0416. The number of amides is 2.